The van der Waals surface area contributed by atoms with E-state index >= 15 is 0 Å². The van der Waals surface area contributed by atoms with Gasteiger partial charge in [0, 0.05) is 13.2 Å². The first-order chi connectivity index (χ1) is 24.8. The van der Waals surface area contributed by atoms with Crippen LogP contribution in [-0.2, 0) is 18.9 Å². The molecule has 10 nitrogen and oxygen atoms in total. The van der Waals surface area contributed by atoms with Gasteiger partial charge in [0.05, 0.1) is 38.1 Å². The van der Waals surface area contributed by atoms with Crippen LogP contribution in [-0.4, -0.2) is 108 Å². The molecule has 3 heterocycles. The van der Waals surface area contributed by atoms with Gasteiger partial charge in [-0.1, -0.05) is 142 Å². The Morgan fingerprint density at radius 3 is 1.75 bits per heavy atom. The van der Waals surface area contributed by atoms with E-state index < -0.39 is 43.4 Å². The Kier molecular flexibility index (Phi) is 27.4. The average Bonchev–Trinajstić information content (AvgIpc) is 3.64. The van der Waals surface area contributed by atoms with Gasteiger partial charge in [-0.2, -0.15) is 0 Å². The third kappa shape index (κ3) is 21.9. The molecule has 0 spiro atoms. The summed E-state index contributed by atoms with van der Waals surface area (Å²) in [5, 5.41) is 48.7. The van der Waals surface area contributed by atoms with Gasteiger partial charge >= 0.3 is 0 Å². The van der Waals surface area contributed by atoms with E-state index in [1.807, 2.05) is 0 Å². The van der Waals surface area contributed by atoms with Crippen LogP contribution in [0.3, 0.4) is 0 Å². The number of rotatable bonds is 30. The molecule has 3 rings (SSSR count). The normalized spacial score (nSPS) is 26.4. The SMILES string of the molecule is CCCCCCCCCCCCCCCC(O)CCOC1OC(CO)C(O)C(O)C1O.NC1(CCCCCCCCCCC2CCOC2)COC1. The Hall–Kier alpha value is -0.400. The molecule has 3 aliphatic rings. The molecule has 10 heteroatoms. The zero-order valence-corrected chi connectivity index (χ0v) is 32.6. The van der Waals surface area contributed by atoms with Crippen molar-refractivity contribution in [2.24, 2.45) is 11.7 Å². The number of nitrogens with two attached hydrogens (primary N) is 1. The molecule has 0 radical (unpaired) electrons. The van der Waals surface area contributed by atoms with Crippen molar-refractivity contribution >= 4 is 0 Å². The van der Waals surface area contributed by atoms with E-state index in [4.69, 9.17) is 24.7 Å². The van der Waals surface area contributed by atoms with Gasteiger partial charge in [-0.15, -0.1) is 0 Å². The largest absolute Gasteiger partial charge is 0.394 e. The van der Waals surface area contributed by atoms with E-state index in [0.29, 0.717) is 6.42 Å². The number of aliphatic hydroxyl groups excluding tert-OH is 5. The van der Waals surface area contributed by atoms with Gasteiger partial charge in [0.1, 0.15) is 24.4 Å². The molecule has 0 bridgehead atoms. The van der Waals surface area contributed by atoms with E-state index in [9.17, 15) is 25.5 Å². The molecule has 0 saturated carbocycles. The fraction of sp³-hybridized carbons (Fsp3) is 1.00. The summed E-state index contributed by atoms with van der Waals surface area (Å²) in [7, 11) is 0. The summed E-state index contributed by atoms with van der Waals surface area (Å²) in [5.74, 6) is 0.870. The van der Waals surface area contributed by atoms with Crippen molar-refractivity contribution in [1.82, 2.24) is 0 Å². The molecule has 51 heavy (non-hydrogen) atoms. The van der Waals surface area contributed by atoms with Crippen molar-refractivity contribution in [2.45, 2.75) is 216 Å². The average molecular weight is 732 g/mol. The highest BCUT2D eigenvalue weighted by atomic mass is 16.7. The highest BCUT2D eigenvalue weighted by molar-refractivity contribution is 4.90. The molecule has 0 aliphatic carbocycles. The predicted molar refractivity (Wildman–Crippen MR) is 203 cm³/mol. The van der Waals surface area contributed by atoms with Crippen LogP contribution >= 0.6 is 0 Å². The zero-order chi connectivity index (χ0) is 37.0. The lowest BCUT2D eigenvalue weighted by Gasteiger charge is -2.39. The van der Waals surface area contributed by atoms with Crippen molar-refractivity contribution in [3.8, 4) is 0 Å². The first-order valence-corrected chi connectivity index (χ1v) is 21.3. The zero-order valence-electron chi connectivity index (χ0n) is 32.6. The fourth-order valence-corrected chi connectivity index (χ4v) is 7.36. The summed E-state index contributed by atoms with van der Waals surface area (Å²) in [5.41, 5.74) is 6.15. The number of hydrogen-bond donors (Lipinski definition) is 6. The minimum absolute atomic E-state index is 0.0317. The van der Waals surface area contributed by atoms with Crippen LogP contribution in [0.1, 0.15) is 174 Å². The summed E-state index contributed by atoms with van der Waals surface area (Å²) in [6.07, 6.45) is 26.1. The molecule has 3 fully saturated rings. The van der Waals surface area contributed by atoms with Crippen molar-refractivity contribution in [3.05, 3.63) is 0 Å². The van der Waals surface area contributed by atoms with Gasteiger partial charge in [-0.25, -0.2) is 0 Å². The van der Waals surface area contributed by atoms with E-state index in [-0.39, 0.29) is 12.1 Å². The number of unbranched alkanes of at least 4 members (excludes halogenated alkanes) is 19. The molecule has 0 aromatic heterocycles. The topological polar surface area (TPSA) is 164 Å². The van der Waals surface area contributed by atoms with Crippen LogP contribution in [0.15, 0.2) is 0 Å². The maximum absolute atomic E-state index is 10.1. The third-order valence-corrected chi connectivity index (χ3v) is 11.1. The van der Waals surface area contributed by atoms with Crippen molar-refractivity contribution in [2.75, 3.05) is 39.6 Å². The van der Waals surface area contributed by atoms with Gasteiger partial charge in [0.25, 0.3) is 0 Å². The third-order valence-electron chi connectivity index (χ3n) is 11.1. The van der Waals surface area contributed by atoms with Gasteiger partial charge in [0.2, 0.25) is 0 Å². The Morgan fingerprint density at radius 1 is 0.686 bits per heavy atom. The molecular weight excluding hydrogens is 650 g/mol. The van der Waals surface area contributed by atoms with Crippen LogP contribution in [0.4, 0.5) is 0 Å². The summed E-state index contributed by atoms with van der Waals surface area (Å²) in [4.78, 5) is 0. The fourth-order valence-electron chi connectivity index (χ4n) is 7.36. The molecule has 7 atom stereocenters. The van der Waals surface area contributed by atoms with Crippen LogP contribution in [0.2, 0.25) is 0 Å². The van der Waals surface area contributed by atoms with E-state index in [2.05, 4.69) is 6.92 Å². The minimum Gasteiger partial charge on any atom is -0.394 e. The van der Waals surface area contributed by atoms with E-state index in [1.165, 1.54) is 135 Å². The number of hydrogen-bond acceptors (Lipinski definition) is 10. The van der Waals surface area contributed by atoms with Gasteiger partial charge in [-0.3, -0.25) is 0 Å². The number of aliphatic hydroxyl groups is 5. The first-order valence-electron chi connectivity index (χ1n) is 21.3. The number of ether oxygens (including phenoxy) is 4. The van der Waals surface area contributed by atoms with E-state index in [1.54, 1.807) is 0 Å². The Labute approximate surface area is 311 Å². The maximum atomic E-state index is 10.1. The molecule has 7 unspecified atom stereocenters. The summed E-state index contributed by atoms with van der Waals surface area (Å²) in [6.45, 7) is 5.52. The quantitative estimate of drug-likeness (QED) is 0.0439. The second-order valence-corrected chi connectivity index (χ2v) is 16.0. The van der Waals surface area contributed by atoms with Crippen molar-refractivity contribution in [1.29, 1.82) is 0 Å². The van der Waals surface area contributed by atoms with Crippen molar-refractivity contribution in [3.63, 3.8) is 0 Å². The van der Waals surface area contributed by atoms with Gasteiger partial charge in [-0.05, 0) is 38.0 Å². The maximum Gasteiger partial charge on any atom is 0.186 e. The smallest absolute Gasteiger partial charge is 0.186 e. The van der Waals surface area contributed by atoms with Crippen molar-refractivity contribution < 1.29 is 44.5 Å². The first kappa shape index (κ1) is 46.8. The second-order valence-electron chi connectivity index (χ2n) is 16.0. The molecule has 0 aromatic rings. The molecule has 304 valence electrons. The lowest BCUT2D eigenvalue weighted by atomic mass is 9.91. The van der Waals surface area contributed by atoms with E-state index in [0.717, 1.165) is 58.0 Å². The highest BCUT2D eigenvalue weighted by Crippen LogP contribution is 2.24. The minimum atomic E-state index is -1.44. The molecule has 0 aromatic carbocycles. The molecule has 3 aliphatic heterocycles. The summed E-state index contributed by atoms with van der Waals surface area (Å²) < 4.78 is 21.3. The Balaban J connectivity index is 0.000000386. The van der Waals surface area contributed by atoms with Crippen LogP contribution in [0.25, 0.3) is 0 Å². The Morgan fingerprint density at radius 2 is 1.24 bits per heavy atom. The van der Waals surface area contributed by atoms with Gasteiger partial charge < -0.3 is 50.2 Å². The predicted octanol–water partition coefficient (Wildman–Crippen LogP) is 6.69. The lowest BCUT2D eigenvalue weighted by molar-refractivity contribution is -0.301. The van der Waals surface area contributed by atoms with Crippen LogP contribution < -0.4 is 5.73 Å². The molecule has 3 saturated heterocycles. The lowest BCUT2D eigenvalue weighted by Crippen LogP contribution is -2.59. The molecule has 7 N–H and O–H groups in total. The highest BCUT2D eigenvalue weighted by Gasteiger charge is 2.44. The summed E-state index contributed by atoms with van der Waals surface area (Å²) >= 11 is 0. The van der Waals surface area contributed by atoms with Crippen LogP contribution in [0, 0.1) is 5.92 Å². The standard InChI is InChI=1S/C24H48O7.C17H33NO2/c1-2-3-4-5-6-7-8-9-10-11-12-13-14-15-19(26)16-17-30-24-23(29)22(28)21(27)20(18-25)31-24;18-17(14-20-15-17)11-8-6-4-2-1-3-5-7-9-16-10-12-19-13-16/h19-29H,2-18H2,1H3;16H,1-15,18H2. The Bertz CT molecular complexity index is 780. The second kappa shape index (κ2) is 29.9. The molecular formula is C41H81NO9. The van der Waals surface area contributed by atoms with Gasteiger partial charge in [0.15, 0.2) is 6.29 Å². The summed E-state index contributed by atoms with van der Waals surface area (Å²) in [6, 6.07) is 0. The van der Waals surface area contributed by atoms with Crippen LogP contribution in [0.5, 0.6) is 0 Å². The monoisotopic (exact) mass is 732 g/mol. The molecule has 0 amide bonds.